The fourth-order valence-corrected chi connectivity index (χ4v) is 1.81. The van der Waals surface area contributed by atoms with Crippen molar-refractivity contribution in [2.45, 2.75) is 33.3 Å². The summed E-state index contributed by atoms with van der Waals surface area (Å²) < 4.78 is 19.2. The van der Waals surface area contributed by atoms with Crippen LogP contribution in [-0.4, -0.2) is 36.6 Å². The van der Waals surface area contributed by atoms with E-state index in [0.717, 1.165) is 19.5 Å². The van der Waals surface area contributed by atoms with E-state index in [2.05, 4.69) is 4.99 Å². The number of para-hydroxylation sites is 1. The van der Waals surface area contributed by atoms with Crippen LogP contribution in [-0.2, 0) is 0 Å². The van der Waals surface area contributed by atoms with Gasteiger partial charge in [-0.15, -0.1) is 24.0 Å². The summed E-state index contributed by atoms with van der Waals surface area (Å²) in [5.41, 5.74) is 5.91. The van der Waals surface area contributed by atoms with Gasteiger partial charge in [0.1, 0.15) is 6.10 Å². The molecule has 0 aliphatic carbocycles. The van der Waals surface area contributed by atoms with Gasteiger partial charge >= 0.3 is 0 Å². The minimum atomic E-state index is -0.355. The molecular formula is C15H25FIN3O. The maximum atomic E-state index is 13.5. The van der Waals surface area contributed by atoms with Crippen molar-refractivity contribution >= 4 is 29.9 Å². The highest BCUT2D eigenvalue weighted by molar-refractivity contribution is 14.0. The Labute approximate surface area is 143 Å². The van der Waals surface area contributed by atoms with Crippen molar-refractivity contribution in [1.29, 1.82) is 0 Å². The first-order valence-corrected chi connectivity index (χ1v) is 7.08. The fourth-order valence-electron chi connectivity index (χ4n) is 1.81. The van der Waals surface area contributed by atoms with Crippen LogP contribution in [0, 0.1) is 5.82 Å². The summed E-state index contributed by atoms with van der Waals surface area (Å²) in [7, 11) is 0. The molecule has 6 heteroatoms. The Balaban J connectivity index is 0.00000400. The predicted molar refractivity (Wildman–Crippen MR) is 95.9 cm³/mol. The molecular weight excluding hydrogens is 384 g/mol. The summed E-state index contributed by atoms with van der Waals surface area (Å²) in [6.45, 7) is 8.09. The normalized spacial score (nSPS) is 12.5. The van der Waals surface area contributed by atoms with Gasteiger partial charge in [-0.1, -0.05) is 19.1 Å². The third kappa shape index (κ3) is 6.50. The Hall–Kier alpha value is -1.05. The standard InChI is InChI=1S/C15H24FN3O.HI/c1-4-12(11-18-15(17)19(5-2)6-3)20-14-10-8-7-9-13(14)16;/h7-10,12H,4-6,11H2,1-3H3,(H2,17,18);1H. The third-order valence-corrected chi connectivity index (χ3v) is 3.13. The molecule has 1 unspecified atom stereocenters. The molecule has 0 saturated carbocycles. The zero-order chi connectivity index (χ0) is 15.0. The monoisotopic (exact) mass is 409 g/mol. The average molecular weight is 409 g/mol. The number of ether oxygens (including phenoxy) is 1. The molecule has 0 radical (unpaired) electrons. The zero-order valence-corrected chi connectivity index (χ0v) is 15.2. The first-order valence-electron chi connectivity index (χ1n) is 7.08. The van der Waals surface area contributed by atoms with Crippen molar-refractivity contribution in [2.24, 2.45) is 10.7 Å². The van der Waals surface area contributed by atoms with Crippen molar-refractivity contribution < 1.29 is 9.13 Å². The number of hydrogen-bond donors (Lipinski definition) is 1. The van der Waals surface area contributed by atoms with E-state index in [1.807, 2.05) is 25.7 Å². The van der Waals surface area contributed by atoms with Gasteiger partial charge in [0.05, 0.1) is 6.54 Å². The lowest BCUT2D eigenvalue weighted by Gasteiger charge is -2.21. The lowest BCUT2D eigenvalue weighted by atomic mass is 10.2. The molecule has 2 N–H and O–H groups in total. The van der Waals surface area contributed by atoms with E-state index in [-0.39, 0.29) is 41.6 Å². The molecule has 1 aromatic carbocycles. The van der Waals surface area contributed by atoms with E-state index in [4.69, 9.17) is 10.5 Å². The molecule has 0 saturated heterocycles. The number of nitrogens with two attached hydrogens (primary N) is 1. The molecule has 0 amide bonds. The number of guanidine groups is 1. The molecule has 1 aromatic rings. The van der Waals surface area contributed by atoms with Gasteiger partial charge in [-0.2, -0.15) is 0 Å². The number of rotatable bonds is 7. The number of aliphatic imine (C=N–C) groups is 1. The van der Waals surface area contributed by atoms with E-state index in [9.17, 15) is 4.39 Å². The maximum absolute atomic E-state index is 13.5. The van der Waals surface area contributed by atoms with Gasteiger partial charge in [-0.3, -0.25) is 0 Å². The fraction of sp³-hybridized carbons (Fsp3) is 0.533. The van der Waals surface area contributed by atoms with Crippen molar-refractivity contribution in [3.63, 3.8) is 0 Å². The van der Waals surface area contributed by atoms with E-state index in [1.165, 1.54) is 6.07 Å². The summed E-state index contributed by atoms with van der Waals surface area (Å²) >= 11 is 0. The second-order valence-corrected chi connectivity index (χ2v) is 4.45. The lowest BCUT2D eigenvalue weighted by Crippen LogP contribution is -2.38. The molecule has 120 valence electrons. The van der Waals surface area contributed by atoms with Crippen molar-refractivity contribution in [1.82, 2.24) is 4.90 Å². The lowest BCUT2D eigenvalue weighted by molar-refractivity contribution is 0.196. The molecule has 0 heterocycles. The molecule has 0 aliphatic heterocycles. The van der Waals surface area contributed by atoms with Crippen LogP contribution in [0.1, 0.15) is 27.2 Å². The highest BCUT2D eigenvalue weighted by Crippen LogP contribution is 2.18. The van der Waals surface area contributed by atoms with E-state index < -0.39 is 0 Å². The molecule has 0 bridgehead atoms. The molecule has 21 heavy (non-hydrogen) atoms. The van der Waals surface area contributed by atoms with E-state index in [1.54, 1.807) is 18.2 Å². The smallest absolute Gasteiger partial charge is 0.191 e. The number of halogens is 2. The summed E-state index contributed by atoms with van der Waals surface area (Å²) in [5, 5.41) is 0. The Morgan fingerprint density at radius 3 is 2.43 bits per heavy atom. The second-order valence-electron chi connectivity index (χ2n) is 4.45. The van der Waals surface area contributed by atoms with Crippen LogP contribution >= 0.6 is 24.0 Å². The topological polar surface area (TPSA) is 50.8 Å². The Morgan fingerprint density at radius 1 is 1.29 bits per heavy atom. The zero-order valence-electron chi connectivity index (χ0n) is 12.9. The van der Waals surface area contributed by atoms with Crippen LogP contribution in [0.5, 0.6) is 5.75 Å². The number of nitrogens with zero attached hydrogens (tertiary/aromatic N) is 2. The highest BCUT2D eigenvalue weighted by Gasteiger charge is 2.11. The first kappa shape index (κ1) is 19.9. The van der Waals surface area contributed by atoms with Crippen molar-refractivity contribution in [2.75, 3.05) is 19.6 Å². The van der Waals surface area contributed by atoms with Gasteiger partial charge in [0.15, 0.2) is 17.5 Å². The van der Waals surface area contributed by atoms with Crippen LogP contribution in [0.25, 0.3) is 0 Å². The van der Waals surface area contributed by atoms with Gasteiger partial charge in [-0.05, 0) is 32.4 Å². The highest BCUT2D eigenvalue weighted by atomic mass is 127. The van der Waals surface area contributed by atoms with Gasteiger partial charge in [0.2, 0.25) is 0 Å². The number of hydrogen-bond acceptors (Lipinski definition) is 2. The number of benzene rings is 1. The molecule has 1 rings (SSSR count). The maximum Gasteiger partial charge on any atom is 0.191 e. The molecule has 0 spiro atoms. The molecule has 4 nitrogen and oxygen atoms in total. The second kappa shape index (κ2) is 10.6. The van der Waals surface area contributed by atoms with Crippen LogP contribution in [0.2, 0.25) is 0 Å². The SMILES string of the molecule is CCC(CN=C(N)N(CC)CC)Oc1ccccc1F.I. The van der Waals surface area contributed by atoms with E-state index >= 15 is 0 Å². The largest absolute Gasteiger partial charge is 0.485 e. The molecule has 1 atom stereocenters. The van der Waals surface area contributed by atoms with Gasteiger partial charge in [0, 0.05) is 13.1 Å². The predicted octanol–water partition coefficient (Wildman–Crippen LogP) is 3.26. The minimum absolute atomic E-state index is 0. The van der Waals surface area contributed by atoms with Crippen LogP contribution in [0.15, 0.2) is 29.3 Å². The summed E-state index contributed by atoms with van der Waals surface area (Å²) in [4.78, 5) is 6.30. The summed E-state index contributed by atoms with van der Waals surface area (Å²) in [5.74, 6) is 0.410. The van der Waals surface area contributed by atoms with Crippen molar-refractivity contribution in [3.05, 3.63) is 30.1 Å². The summed E-state index contributed by atoms with van der Waals surface area (Å²) in [6, 6.07) is 6.39. The molecule has 0 aromatic heterocycles. The summed E-state index contributed by atoms with van der Waals surface area (Å²) in [6.07, 6.45) is 0.560. The van der Waals surface area contributed by atoms with E-state index in [0.29, 0.717) is 12.5 Å². The molecule has 0 aliphatic rings. The van der Waals surface area contributed by atoms with Gasteiger partial charge in [-0.25, -0.2) is 9.38 Å². The van der Waals surface area contributed by atoms with Crippen LogP contribution < -0.4 is 10.5 Å². The first-order chi connectivity index (χ1) is 9.62. The van der Waals surface area contributed by atoms with Crippen LogP contribution in [0.3, 0.4) is 0 Å². The Bertz CT molecular complexity index is 439. The quantitative estimate of drug-likeness (QED) is 0.427. The Kier molecular flexibility index (Phi) is 10.1. The van der Waals surface area contributed by atoms with Crippen LogP contribution in [0.4, 0.5) is 4.39 Å². The minimum Gasteiger partial charge on any atom is -0.485 e. The Morgan fingerprint density at radius 2 is 1.90 bits per heavy atom. The van der Waals surface area contributed by atoms with Gasteiger partial charge < -0.3 is 15.4 Å². The average Bonchev–Trinajstić information content (AvgIpc) is 2.46. The third-order valence-electron chi connectivity index (χ3n) is 3.13. The van der Waals surface area contributed by atoms with Gasteiger partial charge in [0.25, 0.3) is 0 Å². The van der Waals surface area contributed by atoms with Crippen molar-refractivity contribution in [3.8, 4) is 5.75 Å². The molecule has 0 fully saturated rings.